The molecule has 0 radical (unpaired) electrons. The number of hydrogen-bond donors (Lipinski definition) is 0. The van der Waals surface area contributed by atoms with Gasteiger partial charge in [0.25, 0.3) is 0 Å². The van der Waals surface area contributed by atoms with Gasteiger partial charge in [-0.15, -0.1) is 0 Å². The van der Waals surface area contributed by atoms with Gasteiger partial charge in [-0.25, -0.2) is 4.39 Å². The van der Waals surface area contributed by atoms with Crippen LogP contribution in [0.15, 0.2) is 22.7 Å². The Morgan fingerprint density at radius 1 is 1.35 bits per heavy atom. The van der Waals surface area contributed by atoms with E-state index in [2.05, 4.69) is 15.9 Å². The second-order valence-electron chi connectivity index (χ2n) is 4.81. The fourth-order valence-electron chi connectivity index (χ4n) is 2.49. The molecule has 1 aromatic rings. The molecule has 0 bridgehead atoms. The van der Waals surface area contributed by atoms with Crippen LogP contribution in [0, 0.1) is 11.7 Å². The lowest BCUT2D eigenvalue weighted by Gasteiger charge is -2.08. The molecule has 0 aromatic heterocycles. The number of carbonyl (C=O) groups excluding carboxylic acids is 1. The van der Waals surface area contributed by atoms with E-state index >= 15 is 0 Å². The molecule has 1 aromatic carbocycles. The average molecular weight is 299 g/mol. The van der Waals surface area contributed by atoms with E-state index in [0.717, 1.165) is 5.56 Å². The third kappa shape index (κ3) is 3.63. The molecule has 2 rings (SSSR count). The van der Waals surface area contributed by atoms with Crippen molar-refractivity contribution in [2.24, 2.45) is 5.92 Å². The van der Waals surface area contributed by atoms with Gasteiger partial charge in [-0.1, -0.05) is 47.7 Å². The molecule has 0 saturated heterocycles. The maximum Gasteiger partial charge on any atom is 0.137 e. The largest absolute Gasteiger partial charge is 0.299 e. The van der Waals surface area contributed by atoms with E-state index in [9.17, 15) is 9.18 Å². The fourth-order valence-corrected chi connectivity index (χ4v) is 2.98. The Bertz CT molecular complexity index is 411. The van der Waals surface area contributed by atoms with Gasteiger partial charge in [-0.05, 0) is 23.6 Å². The van der Waals surface area contributed by atoms with E-state index in [1.54, 1.807) is 6.07 Å². The molecule has 1 saturated carbocycles. The lowest BCUT2D eigenvalue weighted by atomic mass is 9.97. The first-order chi connectivity index (χ1) is 8.15. The summed E-state index contributed by atoms with van der Waals surface area (Å²) in [7, 11) is 0. The quantitative estimate of drug-likeness (QED) is 0.811. The zero-order valence-electron chi connectivity index (χ0n) is 9.72. The molecule has 0 heterocycles. The molecular weight excluding hydrogens is 283 g/mol. The van der Waals surface area contributed by atoms with Crippen LogP contribution in [-0.2, 0) is 11.2 Å². The Morgan fingerprint density at radius 2 is 2.06 bits per heavy atom. The van der Waals surface area contributed by atoms with Crippen molar-refractivity contribution in [1.29, 1.82) is 0 Å². The van der Waals surface area contributed by atoms with Gasteiger partial charge in [-0.2, -0.15) is 0 Å². The number of carbonyl (C=O) groups is 1. The minimum atomic E-state index is -0.274. The van der Waals surface area contributed by atoms with Crippen LogP contribution >= 0.6 is 15.9 Å². The first-order valence-electron chi connectivity index (χ1n) is 6.11. The van der Waals surface area contributed by atoms with Gasteiger partial charge >= 0.3 is 0 Å². The molecular formula is C14H16BrFO. The highest BCUT2D eigenvalue weighted by Gasteiger charge is 2.18. The number of ketones is 1. The second-order valence-corrected chi connectivity index (χ2v) is 5.66. The molecule has 0 spiro atoms. The van der Waals surface area contributed by atoms with Crippen LogP contribution in [0.25, 0.3) is 0 Å². The van der Waals surface area contributed by atoms with E-state index in [4.69, 9.17) is 0 Å². The van der Waals surface area contributed by atoms with Crippen LogP contribution in [0.2, 0.25) is 0 Å². The van der Waals surface area contributed by atoms with Gasteiger partial charge in [-0.3, -0.25) is 4.79 Å². The second kappa shape index (κ2) is 5.76. The fraction of sp³-hybridized carbons (Fsp3) is 0.500. The van der Waals surface area contributed by atoms with Crippen molar-refractivity contribution < 1.29 is 9.18 Å². The van der Waals surface area contributed by atoms with Crippen LogP contribution in [0.5, 0.6) is 0 Å². The van der Waals surface area contributed by atoms with E-state index in [0.29, 0.717) is 23.2 Å². The van der Waals surface area contributed by atoms with Crippen LogP contribution in [-0.4, -0.2) is 5.78 Å². The first kappa shape index (κ1) is 12.7. The standard InChI is InChI=1S/C14H16BrFO/c15-14-9-12(16)6-5-11(14)8-13(17)7-10-3-1-2-4-10/h5-6,9-10H,1-4,7-8H2. The van der Waals surface area contributed by atoms with Crippen molar-refractivity contribution in [2.45, 2.75) is 38.5 Å². The minimum absolute atomic E-state index is 0.268. The maximum absolute atomic E-state index is 12.9. The topological polar surface area (TPSA) is 17.1 Å². The Labute approximate surface area is 110 Å². The molecule has 92 valence electrons. The van der Waals surface area contributed by atoms with Crippen molar-refractivity contribution >= 4 is 21.7 Å². The molecule has 1 fully saturated rings. The summed E-state index contributed by atoms with van der Waals surface area (Å²) in [5, 5.41) is 0. The van der Waals surface area contributed by atoms with Crippen molar-refractivity contribution in [3.05, 3.63) is 34.1 Å². The SMILES string of the molecule is O=C(Cc1ccc(F)cc1Br)CC1CCCC1. The van der Waals surface area contributed by atoms with Crippen molar-refractivity contribution in [3.63, 3.8) is 0 Å². The highest BCUT2D eigenvalue weighted by Crippen LogP contribution is 2.28. The number of benzene rings is 1. The number of Topliss-reactive ketones (excluding diaryl/α,β-unsaturated/α-hetero) is 1. The normalized spacial score (nSPS) is 16.4. The van der Waals surface area contributed by atoms with Crippen LogP contribution in [0.4, 0.5) is 4.39 Å². The minimum Gasteiger partial charge on any atom is -0.299 e. The van der Waals surface area contributed by atoms with Crippen LogP contribution in [0.3, 0.4) is 0 Å². The van der Waals surface area contributed by atoms with Gasteiger partial charge in [0.1, 0.15) is 11.6 Å². The third-order valence-corrected chi connectivity index (χ3v) is 4.13. The molecule has 17 heavy (non-hydrogen) atoms. The van der Waals surface area contributed by atoms with Gasteiger partial charge in [0.15, 0.2) is 0 Å². The Morgan fingerprint density at radius 3 is 2.71 bits per heavy atom. The maximum atomic E-state index is 12.9. The van der Waals surface area contributed by atoms with E-state index in [-0.39, 0.29) is 11.6 Å². The van der Waals surface area contributed by atoms with Gasteiger partial charge in [0, 0.05) is 17.3 Å². The molecule has 0 unspecified atom stereocenters. The van der Waals surface area contributed by atoms with Crippen molar-refractivity contribution in [1.82, 2.24) is 0 Å². The van der Waals surface area contributed by atoms with Crippen molar-refractivity contribution in [2.75, 3.05) is 0 Å². The highest BCUT2D eigenvalue weighted by molar-refractivity contribution is 9.10. The molecule has 0 amide bonds. The van der Waals surface area contributed by atoms with E-state index < -0.39 is 0 Å². The molecule has 0 aliphatic heterocycles. The number of rotatable bonds is 4. The summed E-state index contributed by atoms with van der Waals surface area (Å²) in [5.41, 5.74) is 0.884. The zero-order chi connectivity index (χ0) is 12.3. The molecule has 0 atom stereocenters. The summed E-state index contributed by atoms with van der Waals surface area (Å²) in [6, 6.07) is 4.51. The molecule has 0 N–H and O–H groups in total. The Hall–Kier alpha value is -0.700. The predicted molar refractivity (Wildman–Crippen MR) is 69.4 cm³/mol. The first-order valence-corrected chi connectivity index (χ1v) is 6.90. The lowest BCUT2D eigenvalue weighted by Crippen LogP contribution is -2.08. The summed E-state index contributed by atoms with van der Waals surface area (Å²) in [4.78, 5) is 11.9. The molecule has 3 heteroatoms. The molecule has 1 aliphatic rings. The summed E-state index contributed by atoms with van der Waals surface area (Å²) >= 11 is 3.30. The summed E-state index contributed by atoms with van der Waals surface area (Å²) < 4.78 is 13.6. The average Bonchev–Trinajstić information content (AvgIpc) is 2.75. The summed E-state index contributed by atoms with van der Waals surface area (Å²) in [6.45, 7) is 0. The lowest BCUT2D eigenvalue weighted by molar-refractivity contribution is -0.119. The van der Waals surface area contributed by atoms with Gasteiger partial charge < -0.3 is 0 Å². The van der Waals surface area contributed by atoms with Crippen LogP contribution in [0.1, 0.15) is 37.7 Å². The molecule has 1 aliphatic carbocycles. The van der Waals surface area contributed by atoms with E-state index in [1.165, 1.54) is 37.8 Å². The third-order valence-electron chi connectivity index (χ3n) is 3.39. The monoisotopic (exact) mass is 298 g/mol. The number of hydrogen-bond acceptors (Lipinski definition) is 1. The van der Waals surface area contributed by atoms with Gasteiger partial charge in [0.2, 0.25) is 0 Å². The Balaban J connectivity index is 1.93. The van der Waals surface area contributed by atoms with Crippen LogP contribution < -0.4 is 0 Å². The summed E-state index contributed by atoms with van der Waals surface area (Å²) in [6.07, 6.45) is 6.00. The van der Waals surface area contributed by atoms with Gasteiger partial charge in [0.05, 0.1) is 0 Å². The summed E-state index contributed by atoms with van der Waals surface area (Å²) in [5.74, 6) is 0.579. The van der Waals surface area contributed by atoms with E-state index in [1.807, 2.05) is 0 Å². The highest BCUT2D eigenvalue weighted by atomic mass is 79.9. The van der Waals surface area contributed by atoms with Crippen molar-refractivity contribution in [3.8, 4) is 0 Å². The predicted octanol–water partition coefficient (Wildman–Crippen LogP) is 4.28. The zero-order valence-corrected chi connectivity index (χ0v) is 11.3. The molecule has 1 nitrogen and oxygen atoms in total. The smallest absolute Gasteiger partial charge is 0.137 e. The Kier molecular flexibility index (Phi) is 4.32. The number of halogens is 2.